The molecule has 2 aromatic carbocycles. The van der Waals surface area contributed by atoms with Crippen LogP contribution in [-0.4, -0.2) is 36.9 Å². The van der Waals surface area contributed by atoms with E-state index in [4.69, 9.17) is 0 Å². The van der Waals surface area contributed by atoms with Gasteiger partial charge in [0.2, 0.25) is 11.1 Å². The Morgan fingerprint density at radius 1 is 1.14 bits per heavy atom. The standard InChI is InChI=1S/C19H15BrN6OS2/c20-14-8-6-13(7-9-14)16-12-29-18(21-16)22-17(27)10-11-28-19-23-24-25-26(19)15-4-2-1-3-5-15/h1-9,12H,10-11H2,(H,21,22,27). The van der Waals surface area contributed by atoms with Gasteiger partial charge in [-0.05, 0) is 34.7 Å². The van der Waals surface area contributed by atoms with E-state index in [-0.39, 0.29) is 5.91 Å². The van der Waals surface area contributed by atoms with E-state index in [1.807, 2.05) is 60.0 Å². The van der Waals surface area contributed by atoms with Crippen molar-refractivity contribution in [1.29, 1.82) is 0 Å². The highest BCUT2D eigenvalue weighted by atomic mass is 79.9. The molecule has 0 saturated heterocycles. The fourth-order valence-electron chi connectivity index (χ4n) is 2.50. The number of para-hydroxylation sites is 1. The third-order valence-electron chi connectivity index (χ3n) is 3.89. The zero-order chi connectivity index (χ0) is 20.1. The molecule has 0 saturated carbocycles. The lowest BCUT2D eigenvalue weighted by atomic mass is 10.2. The maximum atomic E-state index is 12.3. The van der Waals surface area contributed by atoms with E-state index < -0.39 is 0 Å². The molecule has 0 aliphatic heterocycles. The summed E-state index contributed by atoms with van der Waals surface area (Å²) in [5.41, 5.74) is 2.73. The minimum Gasteiger partial charge on any atom is -0.302 e. The number of hydrogen-bond acceptors (Lipinski definition) is 7. The van der Waals surface area contributed by atoms with Crippen LogP contribution < -0.4 is 5.32 Å². The molecular formula is C19H15BrN6OS2. The van der Waals surface area contributed by atoms with E-state index in [0.29, 0.717) is 22.5 Å². The number of rotatable bonds is 7. The van der Waals surface area contributed by atoms with Crippen molar-refractivity contribution < 1.29 is 4.79 Å². The summed E-state index contributed by atoms with van der Waals surface area (Å²) < 4.78 is 2.68. The number of tetrazole rings is 1. The molecule has 0 aliphatic carbocycles. The highest BCUT2D eigenvalue weighted by Crippen LogP contribution is 2.26. The fourth-order valence-corrected chi connectivity index (χ4v) is 4.33. The van der Waals surface area contributed by atoms with Gasteiger partial charge in [-0.1, -0.05) is 58.0 Å². The highest BCUT2D eigenvalue weighted by Gasteiger charge is 2.11. The van der Waals surface area contributed by atoms with E-state index in [1.54, 1.807) is 4.68 Å². The summed E-state index contributed by atoms with van der Waals surface area (Å²) in [5, 5.41) is 17.8. The molecule has 0 spiro atoms. The molecule has 146 valence electrons. The molecule has 1 N–H and O–H groups in total. The zero-order valence-electron chi connectivity index (χ0n) is 15.0. The van der Waals surface area contributed by atoms with Crippen LogP contribution in [0.5, 0.6) is 0 Å². The van der Waals surface area contributed by atoms with Crippen LogP contribution in [0, 0.1) is 0 Å². The van der Waals surface area contributed by atoms with Crippen molar-refractivity contribution >= 4 is 50.1 Å². The summed E-state index contributed by atoms with van der Waals surface area (Å²) in [6, 6.07) is 17.5. The molecule has 0 aliphatic rings. The first-order valence-corrected chi connectivity index (χ1v) is 11.3. The number of thioether (sulfide) groups is 1. The Labute approximate surface area is 183 Å². The largest absolute Gasteiger partial charge is 0.302 e. The van der Waals surface area contributed by atoms with E-state index in [2.05, 4.69) is 41.8 Å². The summed E-state index contributed by atoms with van der Waals surface area (Å²) in [4.78, 5) is 16.8. The van der Waals surface area contributed by atoms with Crippen molar-refractivity contribution in [1.82, 2.24) is 25.2 Å². The molecular weight excluding hydrogens is 472 g/mol. The van der Waals surface area contributed by atoms with Gasteiger partial charge in [0.05, 0.1) is 11.4 Å². The topological polar surface area (TPSA) is 85.6 Å². The number of carbonyl (C=O) groups excluding carboxylic acids is 1. The van der Waals surface area contributed by atoms with Crippen molar-refractivity contribution in [3.63, 3.8) is 0 Å². The Morgan fingerprint density at radius 3 is 2.72 bits per heavy atom. The van der Waals surface area contributed by atoms with Gasteiger partial charge >= 0.3 is 0 Å². The maximum absolute atomic E-state index is 12.3. The first-order chi connectivity index (χ1) is 14.2. The monoisotopic (exact) mass is 486 g/mol. The van der Waals surface area contributed by atoms with Gasteiger partial charge in [0.25, 0.3) is 0 Å². The minimum absolute atomic E-state index is 0.0899. The molecule has 0 fully saturated rings. The summed E-state index contributed by atoms with van der Waals surface area (Å²) >= 11 is 6.27. The maximum Gasteiger partial charge on any atom is 0.226 e. The van der Waals surface area contributed by atoms with E-state index in [9.17, 15) is 4.79 Å². The van der Waals surface area contributed by atoms with Crippen molar-refractivity contribution in [2.75, 3.05) is 11.1 Å². The Morgan fingerprint density at radius 2 is 1.93 bits per heavy atom. The lowest BCUT2D eigenvalue weighted by Gasteiger charge is -2.04. The van der Waals surface area contributed by atoms with Gasteiger partial charge in [0.15, 0.2) is 5.13 Å². The molecule has 29 heavy (non-hydrogen) atoms. The second kappa shape index (κ2) is 9.29. The van der Waals surface area contributed by atoms with Gasteiger partial charge in [0, 0.05) is 27.6 Å². The van der Waals surface area contributed by atoms with Crippen LogP contribution in [0.15, 0.2) is 69.6 Å². The Balaban J connectivity index is 1.30. The van der Waals surface area contributed by atoms with Crippen molar-refractivity contribution in [2.45, 2.75) is 11.6 Å². The Hall–Kier alpha value is -2.56. The zero-order valence-corrected chi connectivity index (χ0v) is 18.2. The molecule has 0 radical (unpaired) electrons. The van der Waals surface area contributed by atoms with Gasteiger partial charge < -0.3 is 5.32 Å². The normalized spacial score (nSPS) is 10.8. The van der Waals surface area contributed by atoms with Crippen molar-refractivity contribution in [3.8, 4) is 16.9 Å². The summed E-state index contributed by atoms with van der Waals surface area (Å²) in [5.74, 6) is 0.470. The van der Waals surface area contributed by atoms with E-state index in [1.165, 1.54) is 23.1 Å². The van der Waals surface area contributed by atoms with Gasteiger partial charge in [0.1, 0.15) is 0 Å². The fraction of sp³-hybridized carbons (Fsp3) is 0.105. The number of thiazole rings is 1. The number of halogens is 1. The van der Waals surface area contributed by atoms with Crippen LogP contribution in [0.25, 0.3) is 16.9 Å². The number of amides is 1. The predicted octanol–water partition coefficient (Wildman–Crippen LogP) is 4.67. The molecule has 4 aromatic rings. The van der Waals surface area contributed by atoms with Crippen LogP contribution in [0.3, 0.4) is 0 Å². The Bertz CT molecular complexity index is 1100. The van der Waals surface area contributed by atoms with Crippen LogP contribution >= 0.6 is 39.0 Å². The van der Waals surface area contributed by atoms with Crippen LogP contribution in [0.1, 0.15) is 6.42 Å². The molecule has 0 bridgehead atoms. The first kappa shape index (κ1) is 19.7. The second-order valence-corrected chi connectivity index (χ2v) is 8.74. The number of hydrogen-bond donors (Lipinski definition) is 1. The van der Waals surface area contributed by atoms with E-state index in [0.717, 1.165) is 21.4 Å². The lowest BCUT2D eigenvalue weighted by Crippen LogP contribution is -2.12. The number of aromatic nitrogens is 5. The molecule has 7 nitrogen and oxygen atoms in total. The number of anilines is 1. The molecule has 10 heteroatoms. The van der Waals surface area contributed by atoms with Gasteiger partial charge in [-0.15, -0.1) is 16.4 Å². The summed E-state index contributed by atoms with van der Waals surface area (Å²) in [6.07, 6.45) is 0.333. The third-order valence-corrected chi connectivity index (χ3v) is 6.10. The van der Waals surface area contributed by atoms with Crippen molar-refractivity contribution in [3.05, 3.63) is 64.5 Å². The number of carbonyl (C=O) groups is 1. The van der Waals surface area contributed by atoms with Crippen molar-refractivity contribution in [2.24, 2.45) is 0 Å². The van der Waals surface area contributed by atoms with E-state index >= 15 is 0 Å². The quantitative estimate of drug-likeness (QED) is 0.382. The minimum atomic E-state index is -0.0899. The number of nitrogens with one attached hydrogen (secondary N) is 1. The number of benzene rings is 2. The van der Waals surface area contributed by atoms with Crippen LogP contribution in [0.4, 0.5) is 5.13 Å². The molecule has 1 amide bonds. The summed E-state index contributed by atoms with van der Waals surface area (Å²) in [7, 11) is 0. The molecule has 0 unspecified atom stereocenters. The van der Waals surface area contributed by atoms with Gasteiger partial charge in [-0.25, -0.2) is 4.98 Å². The highest BCUT2D eigenvalue weighted by molar-refractivity contribution is 9.10. The Kier molecular flexibility index (Phi) is 6.33. The van der Waals surface area contributed by atoms with Gasteiger partial charge in [-0.2, -0.15) is 4.68 Å². The van der Waals surface area contributed by atoms with Gasteiger partial charge in [-0.3, -0.25) is 4.79 Å². The smallest absolute Gasteiger partial charge is 0.226 e. The second-order valence-electron chi connectivity index (χ2n) is 5.90. The van der Waals surface area contributed by atoms with Crippen LogP contribution in [0.2, 0.25) is 0 Å². The molecule has 2 heterocycles. The average molecular weight is 487 g/mol. The molecule has 2 aromatic heterocycles. The predicted molar refractivity (Wildman–Crippen MR) is 118 cm³/mol. The molecule has 4 rings (SSSR count). The number of nitrogens with zero attached hydrogens (tertiary/aromatic N) is 5. The SMILES string of the molecule is O=C(CCSc1nnnn1-c1ccccc1)Nc1nc(-c2ccc(Br)cc2)cs1. The molecule has 0 atom stereocenters. The third kappa shape index (κ3) is 5.08. The summed E-state index contributed by atoms with van der Waals surface area (Å²) in [6.45, 7) is 0. The first-order valence-electron chi connectivity index (χ1n) is 8.67. The lowest BCUT2D eigenvalue weighted by molar-refractivity contribution is -0.115. The van der Waals surface area contributed by atoms with Crippen LogP contribution in [-0.2, 0) is 4.79 Å². The average Bonchev–Trinajstić information content (AvgIpc) is 3.39.